The van der Waals surface area contributed by atoms with Crippen molar-refractivity contribution in [1.29, 1.82) is 0 Å². The predicted molar refractivity (Wildman–Crippen MR) is 125 cm³/mol. The second-order valence-corrected chi connectivity index (χ2v) is 9.57. The van der Waals surface area contributed by atoms with Gasteiger partial charge >= 0.3 is 0 Å². The van der Waals surface area contributed by atoms with Crippen molar-refractivity contribution in [2.24, 2.45) is 11.8 Å². The van der Waals surface area contributed by atoms with Crippen LogP contribution in [-0.2, 0) is 20.8 Å². The van der Waals surface area contributed by atoms with Gasteiger partial charge in [0.05, 0.1) is 11.6 Å². The lowest BCUT2D eigenvalue weighted by molar-refractivity contribution is -0.135. The molecule has 2 N–H and O–H groups in total. The zero-order chi connectivity index (χ0) is 22.5. The lowest BCUT2D eigenvalue weighted by Crippen LogP contribution is -2.44. The highest BCUT2D eigenvalue weighted by molar-refractivity contribution is 7.14. The number of thiazole rings is 1. The molecule has 3 amide bonds. The first-order chi connectivity index (χ1) is 15.5. The zero-order valence-electron chi connectivity index (χ0n) is 18.4. The zero-order valence-corrected chi connectivity index (χ0v) is 19.2. The number of carbonyl (C=O) groups is 3. The maximum Gasteiger partial charge on any atom is 0.231 e. The molecule has 7 nitrogen and oxygen atoms in total. The smallest absolute Gasteiger partial charge is 0.231 e. The van der Waals surface area contributed by atoms with E-state index in [0.29, 0.717) is 18.2 Å². The highest BCUT2D eigenvalue weighted by atomic mass is 32.1. The van der Waals surface area contributed by atoms with E-state index in [1.54, 1.807) is 0 Å². The lowest BCUT2D eigenvalue weighted by atomic mass is 9.97. The summed E-state index contributed by atoms with van der Waals surface area (Å²) >= 11 is 1.42. The van der Waals surface area contributed by atoms with Crippen LogP contribution in [0.2, 0.25) is 0 Å². The van der Waals surface area contributed by atoms with Crippen LogP contribution in [0.1, 0.15) is 44.6 Å². The Hall–Kier alpha value is -2.74. The van der Waals surface area contributed by atoms with E-state index in [4.69, 9.17) is 0 Å². The molecule has 2 aromatic rings. The highest BCUT2D eigenvalue weighted by Gasteiger charge is 2.36. The number of nitrogens with one attached hydrogen (secondary N) is 2. The van der Waals surface area contributed by atoms with Crippen molar-refractivity contribution < 1.29 is 14.4 Å². The molecule has 1 saturated carbocycles. The van der Waals surface area contributed by atoms with Crippen LogP contribution >= 0.6 is 11.3 Å². The molecule has 0 spiro atoms. The molecule has 1 aliphatic carbocycles. The molecule has 1 atom stereocenters. The van der Waals surface area contributed by atoms with Gasteiger partial charge in [0.25, 0.3) is 0 Å². The molecular formula is C24H30N4O3S. The average Bonchev–Trinajstić information content (AvgIpc) is 3.55. The van der Waals surface area contributed by atoms with Gasteiger partial charge in [0, 0.05) is 43.4 Å². The standard InChI is InChI=1S/C24H30N4O3S/c1-16(29)25-12-2-4-17-6-8-18(9-7-17)21-15-32-24(26-21)27-22(30)20-5-3-13-28(14-20)23(31)19-10-11-19/h6-9,15,19-20H,2-5,10-14H2,1H3,(H,25,29)(H,26,27,30). The number of aryl methyl sites for hydroxylation is 1. The summed E-state index contributed by atoms with van der Waals surface area (Å²) in [6.07, 6.45) is 5.47. The van der Waals surface area contributed by atoms with Gasteiger partial charge in [0.2, 0.25) is 17.7 Å². The second kappa shape index (κ2) is 10.3. The van der Waals surface area contributed by atoms with Crippen LogP contribution in [-0.4, -0.2) is 47.2 Å². The van der Waals surface area contributed by atoms with Gasteiger partial charge in [-0.1, -0.05) is 24.3 Å². The molecule has 1 unspecified atom stereocenters. The molecule has 2 heterocycles. The van der Waals surface area contributed by atoms with Gasteiger partial charge in [-0.05, 0) is 44.1 Å². The number of rotatable bonds is 8. The van der Waals surface area contributed by atoms with E-state index in [2.05, 4.69) is 27.8 Å². The number of piperidine rings is 1. The molecule has 1 aromatic heterocycles. The van der Waals surface area contributed by atoms with E-state index < -0.39 is 0 Å². The fourth-order valence-electron chi connectivity index (χ4n) is 4.05. The third-order valence-electron chi connectivity index (χ3n) is 6.03. The number of hydrogen-bond donors (Lipinski definition) is 2. The topological polar surface area (TPSA) is 91.4 Å². The number of hydrogen-bond acceptors (Lipinski definition) is 5. The molecule has 32 heavy (non-hydrogen) atoms. The first kappa shape index (κ1) is 22.5. The predicted octanol–water partition coefficient (Wildman–Crippen LogP) is 3.47. The van der Waals surface area contributed by atoms with E-state index in [-0.39, 0.29) is 29.6 Å². The Kier molecular flexibility index (Phi) is 7.19. The minimum absolute atomic E-state index is 0.000616. The molecule has 1 saturated heterocycles. The van der Waals surface area contributed by atoms with E-state index >= 15 is 0 Å². The van der Waals surface area contributed by atoms with E-state index in [1.165, 1.54) is 23.8 Å². The normalized spacial score (nSPS) is 18.3. The fourth-order valence-corrected chi connectivity index (χ4v) is 4.77. The van der Waals surface area contributed by atoms with Crippen molar-refractivity contribution in [3.63, 3.8) is 0 Å². The van der Waals surface area contributed by atoms with Crippen molar-refractivity contribution in [1.82, 2.24) is 15.2 Å². The van der Waals surface area contributed by atoms with Crippen molar-refractivity contribution >= 4 is 34.2 Å². The van der Waals surface area contributed by atoms with Gasteiger partial charge in [0.15, 0.2) is 5.13 Å². The summed E-state index contributed by atoms with van der Waals surface area (Å²) in [5, 5.41) is 8.31. The molecule has 8 heteroatoms. The van der Waals surface area contributed by atoms with Gasteiger partial charge in [-0.3, -0.25) is 14.4 Å². The Morgan fingerprint density at radius 3 is 2.62 bits per heavy atom. The van der Waals surface area contributed by atoms with Crippen molar-refractivity contribution in [3.8, 4) is 11.3 Å². The first-order valence-corrected chi connectivity index (χ1v) is 12.3. The molecule has 2 aliphatic rings. The van der Waals surface area contributed by atoms with Gasteiger partial charge < -0.3 is 15.5 Å². The Labute approximate surface area is 192 Å². The SMILES string of the molecule is CC(=O)NCCCc1ccc(-c2csc(NC(=O)C3CCCN(C(=O)C4CC4)C3)n2)cc1. The maximum absolute atomic E-state index is 12.8. The summed E-state index contributed by atoms with van der Waals surface area (Å²) in [5.74, 6) is 0.197. The summed E-state index contributed by atoms with van der Waals surface area (Å²) in [6.45, 7) is 3.49. The molecule has 1 aliphatic heterocycles. The van der Waals surface area contributed by atoms with Crippen LogP contribution in [0.25, 0.3) is 11.3 Å². The van der Waals surface area contributed by atoms with Crippen LogP contribution in [0.4, 0.5) is 5.13 Å². The molecule has 1 aromatic carbocycles. The Morgan fingerprint density at radius 2 is 1.91 bits per heavy atom. The van der Waals surface area contributed by atoms with Gasteiger partial charge in [-0.2, -0.15) is 0 Å². The van der Waals surface area contributed by atoms with Gasteiger partial charge in [-0.25, -0.2) is 4.98 Å². The molecule has 0 bridgehead atoms. The number of anilines is 1. The quantitative estimate of drug-likeness (QED) is 0.598. The Balaban J connectivity index is 1.29. The minimum Gasteiger partial charge on any atom is -0.356 e. The second-order valence-electron chi connectivity index (χ2n) is 8.71. The molecule has 2 fully saturated rings. The van der Waals surface area contributed by atoms with E-state index in [0.717, 1.165) is 56.3 Å². The van der Waals surface area contributed by atoms with Crippen molar-refractivity contribution in [2.75, 3.05) is 25.0 Å². The van der Waals surface area contributed by atoms with Gasteiger partial charge in [0.1, 0.15) is 0 Å². The van der Waals surface area contributed by atoms with E-state index in [9.17, 15) is 14.4 Å². The monoisotopic (exact) mass is 454 g/mol. The van der Waals surface area contributed by atoms with Crippen molar-refractivity contribution in [3.05, 3.63) is 35.2 Å². The third-order valence-corrected chi connectivity index (χ3v) is 6.79. The van der Waals surface area contributed by atoms with Crippen molar-refractivity contribution in [2.45, 2.75) is 45.4 Å². The number of nitrogens with zero attached hydrogens (tertiary/aromatic N) is 2. The summed E-state index contributed by atoms with van der Waals surface area (Å²) < 4.78 is 0. The molecule has 0 radical (unpaired) electrons. The molecule has 4 rings (SSSR count). The number of benzene rings is 1. The number of aromatic nitrogens is 1. The minimum atomic E-state index is -0.171. The van der Waals surface area contributed by atoms with Crippen LogP contribution in [0, 0.1) is 11.8 Å². The lowest BCUT2D eigenvalue weighted by Gasteiger charge is -2.32. The highest BCUT2D eigenvalue weighted by Crippen LogP contribution is 2.33. The van der Waals surface area contributed by atoms with Gasteiger partial charge in [-0.15, -0.1) is 11.3 Å². The Morgan fingerprint density at radius 1 is 1.12 bits per heavy atom. The molecular weight excluding hydrogens is 424 g/mol. The first-order valence-electron chi connectivity index (χ1n) is 11.4. The summed E-state index contributed by atoms with van der Waals surface area (Å²) in [7, 11) is 0. The summed E-state index contributed by atoms with van der Waals surface area (Å²) in [5.41, 5.74) is 3.06. The van der Waals surface area contributed by atoms with Crippen LogP contribution in [0.3, 0.4) is 0 Å². The maximum atomic E-state index is 12.8. The number of amides is 3. The summed E-state index contributed by atoms with van der Waals surface area (Å²) in [6, 6.07) is 8.23. The average molecular weight is 455 g/mol. The number of likely N-dealkylation sites (tertiary alicyclic amines) is 1. The summed E-state index contributed by atoms with van der Waals surface area (Å²) in [4.78, 5) is 42.5. The molecule has 170 valence electrons. The van der Waals surface area contributed by atoms with Crippen LogP contribution in [0.5, 0.6) is 0 Å². The van der Waals surface area contributed by atoms with Crippen LogP contribution < -0.4 is 10.6 Å². The van der Waals surface area contributed by atoms with Crippen LogP contribution in [0.15, 0.2) is 29.6 Å². The third kappa shape index (κ3) is 5.94. The fraction of sp³-hybridized carbons (Fsp3) is 0.500. The van der Waals surface area contributed by atoms with E-state index in [1.807, 2.05) is 22.4 Å². The largest absolute Gasteiger partial charge is 0.356 e. The number of carbonyl (C=O) groups excluding carboxylic acids is 3. The Bertz CT molecular complexity index is 968.